The van der Waals surface area contributed by atoms with Gasteiger partial charge in [-0.2, -0.15) is 0 Å². The molecule has 78 valence electrons. The molecule has 14 heavy (non-hydrogen) atoms. The maximum absolute atomic E-state index is 5.67. The summed E-state index contributed by atoms with van der Waals surface area (Å²) in [5.74, 6) is 0. The van der Waals surface area contributed by atoms with Crippen LogP contribution in [0.15, 0.2) is 18.3 Å². The van der Waals surface area contributed by atoms with Gasteiger partial charge in [-0.3, -0.25) is 0 Å². The van der Waals surface area contributed by atoms with Gasteiger partial charge in [0, 0.05) is 19.8 Å². The first-order valence-electron chi connectivity index (χ1n) is 4.59. The third-order valence-electron chi connectivity index (χ3n) is 1.90. The number of nitrogens with zero attached hydrogens (tertiary/aromatic N) is 1. The average molecular weight is 215 g/mol. The van der Waals surface area contributed by atoms with Crippen molar-refractivity contribution >= 4 is 17.3 Å². The minimum Gasteiger partial charge on any atom is -0.385 e. The molecule has 4 heteroatoms. The normalized spacial score (nSPS) is 12.5. The number of rotatable bonds is 5. The van der Waals surface area contributed by atoms with Crippen LogP contribution in [-0.2, 0) is 4.74 Å². The molecular formula is C10H15ClN2O. The van der Waals surface area contributed by atoms with Crippen LogP contribution < -0.4 is 5.32 Å². The summed E-state index contributed by atoms with van der Waals surface area (Å²) in [6.45, 7) is 2.86. The van der Waals surface area contributed by atoms with Gasteiger partial charge in [0.25, 0.3) is 0 Å². The second-order valence-corrected chi connectivity index (χ2v) is 3.58. The van der Waals surface area contributed by atoms with Gasteiger partial charge in [-0.05, 0) is 25.5 Å². The van der Waals surface area contributed by atoms with Crippen LogP contribution >= 0.6 is 11.6 Å². The SMILES string of the molecule is COCCC(C)Nc1ccc(Cl)nc1. The number of halogens is 1. The lowest BCUT2D eigenvalue weighted by molar-refractivity contribution is 0.191. The van der Waals surface area contributed by atoms with Crippen LogP contribution in [0.3, 0.4) is 0 Å². The van der Waals surface area contributed by atoms with Crippen LogP contribution in [0.4, 0.5) is 5.69 Å². The highest BCUT2D eigenvalue weighted by Gasteiger charge is 2.01. The molecule has 1 N–H and O–H groups in total. The third-order valence-corrected chi connectivity index (χ3v) is 2.12. The van der Waals surface area contributed by atoms with Crippen LogP contribution in [-0.4, -0.2) is 24.7 Å². The van der Waals surface area contributed by atoms with Gasteiger partial charge in [-0.1, -0.05) is 11.6 Å². The van der Waals surface area contributed by atoms with Crippen LogP contribution in [0.2, 0.25) is 5.15 Å². The summed E-state index contributed by atoms with van der Waals surface area (Å²) in [7, 11) is 1.70. The molecule has 0 aromatic carbocycles. The summed E-state index contributed by atoms with van der Waals surface area (Å²) >= 11 is 5.67. The van der Waals surface area contributed by atoms with Crippen molar-refractivity contribution in [1.29, 1.82) is 0 Å². The van der Waals surface area contributed by atoms with E-state index in [1.165, 1.54) is 0 Å². The van der Waals surface area contributed by atoms with Crippen molar-refractivity contribution in [3.05, 3.63) is 23.5 Å². The maximum atomic E-state index is 5.67. The summed E-state index contributed by atoms with van der Waals surface area (Å²) in [5, 5.41) is 3.82. The Balaban J connectivity index is 2.39. The van der Waals surface area contributed by atoms with Crippen molar-refractivity contribution in [2.45, 2.75) is 19.4 Å². The Morgan fingerprint density at radius 1 is 1.57 bits per heavy atom. The predicted octanol–water partition coefficient (Wildman–Crippen LogP) is 2.57. The Kier molecular flexibility index (Phi) is 4.70. The van der Waals surface area contributed by atoms with E-state index in [1.807, 2.05) is 6.07 Å². The zero-order chi connectivity index (χ0) is 10.4. The van der Waals surface area contributed by atoms with Gasteiger partial charge >= 0.3 is 0 Å². The lowest BCUT2D eigenvalue weighted by Gasteiger charge is -2.14. The number of hydrogen-bond donors (Lipinski definition) is 1. The van der Waals surface area contributed by atoms with Crippen LogP contribution in [0, 0.1) is 0 Å². The second-order valence-electron chi connectivity index (χ2n) is 3.20. The zero-order valence-corrected chi connectivity index (χ0v) is 9.21. The smallest absolute Gasteiger partial charge is 0.129 e. The van der Waals surface area contributed by atoms with Gasteiger partial charge in [0.15, 0.2) is 0 Å². The number of methoxy groups -OCH3 is 1. The Morgan fingerprint density at radius 2 is 2.36 bits per heavy atom. The molecule has 1 aromatic heterocycles. The first-order valence-corrected chi connectivity index (χ1v) is 4.97. The lowest BCUT2D eigenvalue weighted by atomic mass is 10.2. The molecule has 0 fully saturated rings. The molecule has 1 aromatic rings. The molecule has 1 rings (SSSR count). The first kappa shape index (κ1) is 11.3. The Labute approximate surface area is 89.4 Å². The van der Waals surface area contributed by atoms with E-state index in [0.717, 1.165) is 18.7 Å². The molecule has 0 amide bonds. The topological polar surface area (TPSA) is 34.1 Å². The van der Waals surface area contributed by atoms with E-state index in [-0.39, 0.29) is 0 Å². The molecule has 0 aliphatic carbocycles. The van der Waals surface area contributed by atoms with Gasteiger partial charge < -0.3 is 10.1 Å². The van der Waals surface area contributed by atoms with E-state index in [0.29, 0.717) is 11.2 Å². The number of pyridine rings is 1. The highest BCUT2D eigenvalue weighted by molar-refractivity contribution is 6.29. The predicted molar refractivity (Wildman–Crippen MR) is 58.8 cm³/mol. The molecule has 1 atom stereocenters. The standard InChI is InChI=1S/C10H15ClN2O/c1-8(5-6-14-2)13-9-3-4-10(11)12-7-9/h3-4,7-8,13H,5-6H2,1-2H3. The van der Waals surface area contributed by atoms with E-state index in [9.17, 15) is 0 Å². The van der Waals surface area contributed by atoms with Crippen molar-refractivity contribution < 1.29 is 4.74 Å². The zero-order valence-electron chi connectivity index (χ0n) is 8.46. The molecule has 0 spiro atoms. The molecule has 0 aliphatic rings. The van der Waals surface area contributed by atoms with Crippen LogP contribution in [0.1, 0.15) is 13.3 Å². The molecular weight excluding hydrogens is 200 g/mol. The quantitative estimate of drug-likeness (QED) is 0.765. The van der Waals surface area contributed by atoms with Crippen molar-refractivity contribution in [2.24, 2.45) is 0 Å². The molecule has 0 aliphatic heterocycles. The van der Waals surface area contributed by atoms with Gasteiger partial charge in [0.2, 0.25) is 0 Å². The molecule has 3 nitrogen and oxygen atoms in total. The Hall–Kier alpha value is -0.800. The summed E-state index contributed by atoms with van der Waals surface area (Å²) in [4.78, 5) is 3.98. The summed E-state index contributed by atoms with van der Waals surface area (Å²) < 4.78 is 4.99. The third kappa shape index (κ3) is 3.94. The molecule has 1 heterocycles. The first-order chi connectivity index (χ1) is 6.72. The van der Waals surface area contributed by atoms with Crippen molar-refractivity contribution in [3.63, 3.8) is 0 Å². The molecule has 1 unspecified atom stereocenters. The minimum atomic E-state index is 0.373. The van der Waals surface area contributed by atoms with Crippen molar-refractivity contribution in [2.75, 3.05) is 19.0 Å². The maximum Gasteiger partial charge on any atom is 0.129 e. The van der Waals surface area contributed by atoms with Gasteiger partial charge in [-0.15, -0.1) is 0 Å². The molecule has 0 bridgehead atoms. The fourth-order valence-corrected chi connectivity index (χ4v) is 1.22. The van der Waals surface area contributed by atoms with Gasteiger partial charge in [0.05, 0.1) is 11.9 Å². The van der Waals surface area contributed by atoms with E-state index in [1.54, 1.807) is 19.4 Å². The number of ether oxygens (including phenoxy) is 1. The minimum absolute atomic E-state index is 0.373. The van der Waals surface area contributed by atoms with E-state index >= 15 is 0 Å². The highest BCUT2D eigenvalue weighted by Crippen LogP contribution is 2.11. The Morgan fingerprint density at radius 3 is 2.93 bits per heavy atom. The van der Waals surface area contributed by atoms with Crippen LogP contribution in [0.25, 0.3) is 0 Å². The van der Waals surface area contributed by atoms with E-state index in [2.05, 4.69) is 17.2 Å². The lowest BCUT2D eigenvalue weighted by Crippen LogP contribution is -2.17. The average Bonchev–Trinajstić information content (AvgIpc) is 2.18. The summed E-state index contributed by atoms with van der Waals surface area (Å²) in [6.07, 6.45) is 2.70. The highest BCUT2D eigenvalue weighted by atomic mass is 35.5. The molecule has 0 saturated heterocycles. The van der Waals surface area contributed by atoms with E-state index < -0.39 is 0 Å². The van der Waals surface area contributed by atoms with E-state index in [4.69, 9.17) is 16.3 Å². The fourth-order valence-electron chi connectivity index (χ4n) is 1.11. The second kappa shape index (κ2) is 5.83. The number of anilines is 1. The summed E-state index contributed by atoms with van der Waals surface area (Å²) in [5.41, 5.74) is 0.984. The summed E-state index contributed by atoms with van der Waals surface area (Å²) in [6, 6.07) is 4.06. The Bertz CT molecular complexity index is 263. The van der Waals surface area contributed by atoms with Crippen molar-refractivity contribution in [3.8, 4) is 0 Å². The van der Waals surface area contributed by atoms with Gasteiger partial charge in [-0.25, -0.2) is 4.98 Å². The number of nitrogens with one attached hydrogen (secondary N) is 1. The van der Waals surface area contributed by atoms with Crippen LogP contribution in [0.5, 0.6) is 0 Å². The molecule has 0 radical (unpaired) electrons. The van der Waals surface area contributed by atoms with Gasteiger partial charge in [0.1, 0.15) is 5.15 Å². The number of aromatic nitrogens is 1. The largest absolute Gasteiger partial charge is 0.385 e. The number of hydrogen-bond acceptors (Lipinski definition) is 3. The molecule has 0 saturated carbocycles. The fraction of sp³-hybridized carbons (Fsp3) is 0.500. The van der Waals surface area contributed by atoms with Crippen molar-refractivity contribution in [1.82, 2.24) is 4.98 Å². The monoisotopic (exact) mass is 214 g/mol.